The Kier molecular flexibility index (Phi) is 5.25. The summed E-state index contributed by atoms with van der Waals surface area (Å²) in [6, 6.07) is 0. The van der Waals surface area contributed by atoms with Crippen molar-refractivity contribution in [2.45, 2.75) is 44.8 Å². The summed E-state index contributed by atoms with van der Waals surface area (Å²) in [6.07, 6.45) is 4.18. The molecule has 0 aromatic heterocycles. The van der Waals surface area contributed by atoms with Gasteiger partial charge in [0.2, 0.25) is 6.29 Å². The van der Waals surface area contributed by atoms with Gasteiger partial charge in [0, 0.05) is 13.0 Å². The zero-order valence-electron chi connectivity index (χ0n) is 9.48. The molecule has 16 heavy (non-hydrogen) atoms. The molecule has 0 heterocycles. The SMILES string of the molecule is COC(OC(=O)CC(=O)O)C1CCCCC1. The lowest BCUT2D eigenvalue weighted by Crippen LogP contribution is -2.30. The molecule has 1 aliphatic carbocycles. The van der Waals surface area contributed by atoms with Gasteiger partial charge in [0.15, 0.2) is 0 Å². The maximum absolute atomic E-state index is 11.2. The Hall–Kier alpha value is -1.10. The maximum Gasteiger partial charge on any atom is 0.319 e. The molecular formula is C11H18O5. The first kappa shape index (κ1) is 13.0. The number of carboxylic acid groups (broad SMARTS) is 1. The Labute approximate surface area is 94.7 Å². The van der Waals surface area contributed by atoms with Crippen LogP contribution in [0.25, 0.3) is 0 Å². The minimum atomic E-state index is -1.18. The van der Waals surface area contributed by atoms with E-state index in [2.05, 4.69) is 0 Å². The van der Waals surface area contributed by atoms with Crippen LogP contribution in [0.1, 0.15) is 38.5 Å². The summed E-state index contributed by atoms with van der Waals surface area (Å²) >= 11 is 0. The topological polar surface area (TPSA) is 72.8 Å². The molecule has 1 aliphatic rings. The fourth-order valence-corrected chi connectivity index (χ4v) is 2.04. The van der Waals surface area contributed by atoms with Crippen LogP contribution in [-0.4, -0.2) is 30.4 Å². The summed E-state index contributed by atoms with van der Waals surface area (Å²) < 4.78 is 10.1. The molecule has 0 saturated heterocycles. The highest BCUT2D eigenvalue weighted by molar-refractivity contribution is 5.90. The number of methoxy groups -OCH3 is 1. The van der Waals surface area contributed by atoms with E-state index in [1.54, 1.807) is 0 Å². The van der Waals surface area contributed by atoms with Crippen molar-refractivity contribution in [1.29, 1.82) is 0 Å². The van der Waals surface area contributed by atoms with Crippen molar-refractivity contribution in [3.63, 3.8) is 0 Å². The van der Waals surface area contributed by atoms with Crippen LogP contribution in [-0.2, 0) is 19.1 Å². The quantitative estimate of drug-likeness (QED) is 0.441. The fourth-order valence-electron chi connectivity index (χ4n) is 2.04. The molecule has 0 amide bonds. The Balaban J connectivity index is 2.40. The largest absolute Gasteiger partial charge is 0.481 e. The van der Waals surface area contributed by atoms with Crippen molar-refractivity contribution >= 4 is 11.9 Å². The zero-order valence-corrected chi connectivity index (χ0v) is 9.48. The minimum absolute atomic E-state index is 0.205. The highest BCUT2D eigenvalue weighted by Crippen LogP contribution is 2.28. The van der Waals surface area contributed by atoms with E-state index in [1.807, 2.05) is 0 Å². The van der Waals surface area contributed by atoms with Gasteiger partial charge in [-0.25, -0.2) is 0 Å². The van der Waals surface area contributed by atoms with Crippen LogP contribution in [0.4, 0.5) is 0 Å². The van der Waals surface area contributed by atoms with Crippen molar-refractivity contribution in [2.24, 2.45) is 5.92 Å². The van der Waals surface area contributed by atoms with Gasteiger partial charge in [0.1, 0.15) is 6.42 Å². The van der Waals surface area contributed by atoms with Crippen LogP contribution < -0.4 is 0 Å². The van der Waals surface area contributed by atoms with Crippen LogP contribution in [0.5, 0.6) is 0 Å². The molecule has 5 heteroatoms. The van der Waals surface area contributed by atoms with Gasteiger partial charge < -0.3 is 14.6 Å². The van der Waals surface area contributed by atoms with Crippen molar-refractivity contribution in [2.75, 3.05) is 7.11 Å². The zero-order chi connectivity index (χ0) is 12.0. The number of ether oxygens (including phenoxy) is 2. The summed E-state index contributed by atoms with van der Waals surface area (Å²) in [4.78, 5) is 21.5. The van der Waals surface area contributed by atoms with Gasteiger partial charge in [-0.15, -0.1) is 0 Å². The van der Waals surface area contributed by atoms with Gasteiger partial charge in [0.25, 0.3) is 0 Å². The third-order valence-electron chi connectivity index (χ3n) is 2.81. The van der Waals surface area contributed by atoms with Gasteiger partial charge >= 0.3 is 11.9 Å². The lowest BCUT2D eigenvalue weighted by molar-refractivity contribution is -0.188. The van der Waals surface area contributed by atoms with Crippen molar-refractivity contribution in [1.82, 2.24) is 0 Å². The van der Waals surface area contributed by atoms with E-state index in [4.69, 9.17) is 14.6 Å². The molecule has 1 atom stereocenters. The molecule has 0 bridgehead atoms. The number of hydrogen-bond acceptors (Lipinski definition) is 4. The van der Waals surface area contributed by atoms with Crippen molar-refractivity contribution < 1.29 is 24.2 Å². The second kappa shape index (κ2) is 6.48. The molecule has 1 unspecified atom stereocenters. The normalized spacial score (nSPS) is 19.1. The summed E-state index contributed by atoms with van der Waals surface area (Å²) in [7, 11) is 1.48. The highest BCUT2D eigenvalue weighted by atomic mass is 16.7. The predicted molar refractivity (Wildman–Crippen MR) is 55.7 cm³/mol. The first-order valence-electron chi connectivity index (χ1n) is 5.57. The molecule has 0 spiro atoms. The van der Waals surface area contributed by atoms with Crippen LogP contribution in [0, 0.1) is 5.92 Å². The molecule has 5 nitrogen and oxygen atoms in total. The molecule has 0 aliphatic heterocycles. The second-order valence-corrected chi connectivity index (χ2v) is 4.06. The van der Waals surface area contributed by atoms with Gasteiger partial charge in [-0.2, -0.15) is 0 Å². The van der Waals surface area contributed by atoms with Crippen LogP contribution in [0.2, 0.25) is 0 Å². The maximum atomic E-state index is 11.2. The highest BCUT2D eigenvalue weighted by Gasteiger charge is 2.27. The van der Waals surface area contributed by atoms with E-state index in [1.165, 1.54) is 13.5 Å². The molecule has 1 saturated carbocycles. The molecule has 0 aromatic carbocycles. The molecular weight excluding hydrogens is 212 g/mol. The lowest BCUT2D eigenvalue weighted by Gasteiger charge is -2.28. The van der Waals surface area contributed by atoms with E-state index >= 15 is 0 Å². The van der Waals surface area contributed by atoms with Crippen molar-refractivity contribution in [3.05, 3.63) is 0 Å². The van der Waals surface area contributed by atoms with E-state index < -0.39 is 24.6 Å². The van der Waals surface area contributed by atoms with Crippen molar-refractivity contribution in [3.8, 4) is 0 Å². The number of rotatable bonds is 5. The van der Waals surface area contributed by atoms with Gasteiger partial charge in [-0.1, -0.05) is 19.3 Å². The number of hydrogen-bond donors (Lipinski definition) is 1. The minimum Gasteiger partial charge on any atom is -0.481 e. The lowest BCUT2D eigenvalue weighted by atomic mass is 9.89. The van der Waals surface area contributed by atoms with Gasteiger partial charge in [-0.3, -0.25) is 9.59 Å². The van der Waals surface area contributed by atoms with E-state index in [0.717, 1.165) is 25.7 Å². The average molecular weight is 230 g/mol. The molecule has 0 aromatic rings. The smallest absolute Gasteiger partial charge is 0.319 e. The number of esters is 1. The molecule has 1 rings (SSSR count). The third kappa shape index (κ3) is 4.18. The monoisotopic (exact) mass is 230 g/mol. The van der Waals surface area contributed by atoms with Gasteiger partial charge in [-0.05, 0) is 12.8 Å². The molecule has 0 radical (unpaired) electrons. The molecule has 92 valence electrons. The summed E-state index contributed by atoms with van der Waals surface area (Å²) in [5.41, 5.74) is 0. The fraction of sp³-hybridized carbons (Fsp3) is 0.818. The number of carbonyl (C=O) groups is 2. The number of aliphatic carboxylic acids is 1. The second-order valence-electron chi connectivity index (χ2n) is 4.06. The predicted octanol–water partition coefficient (Wildman–Crippen LogP) is 1.56. The van der Waals surface area contributed by atoms with E-state index in [9.17, 15) is 9.59 Å². The summed E-state index contributed by atoms with van der Waals surface area (Å²) in [5.74, 6) is -1.70. The Morgan fingerprint density at radius 1 is 1.31 bits per heavy atom. The van der Waals surface area contributed by atoms with Crippen LogP contribution in [0.15, 0.2) is 0 Å². The summed E-state index contributed by atoms with van der Waals surface area (Å²) in [5, 5.41) is 8.44. The standard InChI is InChI=1S/C11H18O5/c1-15-11(8-5-3-2-4-6-8)16-10(14)7-9(12)13/h8,11H,2-7H2,1H3,(H,12,13). The van der Waals surface area contributed by atoms with Crippen LogP contribution >= 0.6 is 0 Å². The Bertz CT molecular complexity index is 245. The van der Waals surface area contributed by atoms with E-state index in [-0.39, 0.29) is 5.92 Å². The number of carboxylic acids is 1. The molecule has 1 fully saturated rings. The summed E-state index contributed by atoms with van der Waals surface area (Å²) in [6.45, 7) is 0. The third-order valence-corrected chi connectivity index (χ3v) is 2.81. The van der Waals surface area contributed by atoms with Gasteiger partial charge in [0.05, 0.1) is 0 Å². The first-order valence-corrected chi connectivity index (χ1v) is 5.57. The average Bonchev–Trinajstić information content (AvgIpc) is 2.26. The Morgan fingerprint density at radius 2 is 1.94 bits per heavy atom. The Morgan fingerprint density at radius 3 is 2.44 bits per heavy atom. The van der Waals surface area contributed by atoms with E-state index in [0.29, 0.717) is 0 Å². The van der Waals surface area contributed by atoms with Crippen LogP contribution in [0.3, 0.4) is 0 Å². The first-order chi connectivity index (χ1) is 7.63. The molecule has 1 N–H and O–H groups in total. The number of carbonyl (C=O) groups excluding carboxylic acids is 1.